The highest BCUT2D eigenvalue weighted by atomic mass is 31.2. The number of phosphoric acid groups is 2. The number of aliphatic hydroxyl groups is 1. The van der Waals surface area contributed by atoms with Crippen LogP contribution in [0.1, 0.15) is 420 Å². The maximum atomic E-state index is 13.1. The average molecular weight is 1450 g/mol. The molecule has 588 valence electrons. The van der Waals surface area contributed by atoms with Crippen molar-refractivity contribution >= 4 is 39.5 Å². The van der Waals surface area contributed by atoms with Gasteiger partial charge in [-0.25, -0.2) is 9.13 Å². The van der Waals surface area contributed by atoms with Gasteiger partial charge in [-0.05, 0) is 37.5 Å². The van der Waals surface area contributed by atoms with Gasteiger partial charge >= 0.3 is 39.5 Å². The number of rotatable bonds is 79. The molecule has 0 amide bonds. The lowest BCUT2D eigenvalue weighted by Crippen LogP contribution is -2.30. The van der Waals surface area contributed by atoms with Crippen molar-refractivity contribution in [2.24, 2.45) is 11.8 Å². The molecule has 17 nitrogen and oxygen atoms in total. The molecule has 5 atom stereocenters. The monoisotopic (exact) mass is 1450 g/mol. The van der Waals surface area contributed by atoms with Gasteiger partial charge in [0.05, 0.1) is 26.4 Å². The summed E-state index contributed by atoms with van der Waals surface area (Å²) in [4.78, 5) is 73.0. The zero-order chi connectivity index (χ0) is 72.8. The second kappa shape index (κ2) is 71.7. The zero-order valence-corrected chi connectivity index (χ0v) is 66.6. The lowest BCUT2D eigenvalue weighted by molar-refractivity contribution is -0.161. The van der Waals surface area contributed by atoms with Crippen molar-refractivity contribution in [2.45, 2.75) is 439 Å². The van der Waals surface area contributed by atoms with E-state index in [0.29, 0.717) is 25.7 Å². The molecule has 0 heterocycles. The van der Waals surface area contributed by atoms with Crippen molar-refractivity contribution in [1.82, 2.24) is 0 Å². The molecule has 0 aliphatic carbocycles. The molecule has 0 aliphatic rings. The van der Waals surface area contributed by atoms with Gasteiger partial charge in [0.2, 0.25) is 0 Å². The Kier molecular flexibility index (Phi) is 70.3. The average Bonchev–Trinajstić information content (AvgIpc) is 0.969. The Morgan fingerprint density at radius 1 is 0.273 bits per heavy atom. The van der Waals surface area contributed by atoms with Crippen LogP contribution in [0.2, 0.25) is 0 Å². The van der Waals surface area contributed by atoms with Gasteiger partial charge in [0.15, 0.2) is 12.2 Å². The Balaban J connectivity index is 5.25. The van der Waals surface area contributed by atoms with E-state index in [1.807, 2.05) is 0 Å². The quantitative estimate of drug-likeness (QED) is 0.0222. The van der Waals surface area contributed by atoms with E-state index in [-0.39, 0.29) is 25.7 Å². The largest absolute Gasteiger partial charge is 0.472 e. The Morgan fingerprint density at radius 3 is 0.687 bits per heavy atom. The van der Waals surface area contributed by atoms with E-state index >= 15 is 0 Å². The summed E-state index contributed by atoms with van der Waals surface area (Å²) < 4.78 is 68.7. The minimum Gasteiger partial charge on any atom is -0.462 e. The lowest BCUT2D eigenvalue weighted by Gasteiger charge is -2.21. The van der Waals surface area contributed by atoms with E-state index in [9.17, 15) is 43.2 Å². The summed E-state index contributed by atoms with van der Waals surface area (Å²) in [6.45, 7) is 9.65. The van der Waals surface area contributed by atoms with E-state index in [2.05, 4.69) is 41.5 Å². The van der Waals surface area contributed by atoms with Crippen LogP contribution in [-0.4, -0.2) is 96.7 Å². The highest BCUT2D eigenvalue weighted by Gasteiger charge is 2.30. The number of carbonyl (C=O) groups is 4. The molecule has 3 N–H and O–H groups in total. The molecule has 0 spiro atoms. The van der Waals surface area contributed by atoms with Crippen LogP contribution in [0.4, 0.5) is 0 Å². The van der Waals surface area contributed by atoms with Crippen molar-refractivity contribution in [3.63, 3.8) is 0 Å². The number of unbranched alkanes of at least 4 members (excludes halogenated alkanes) is 49. The Morgan fingerprint density at radius 2 is 0.465 bits per heavy atom. The fourth-order valence-corrected chi connectivity index (χ4v) is 13.9. The summed E-state index contributed by atoms with van der Waals surface area (Å²) in [7, 11) is -9.92. The fourth-order valence-electron chi connectivity index (χ4n) is 12.4. The number of phosphoric ester groups is 2. The first-order chi connectivity index (χ1) is 47.9. The molecule has 0 saturated carbocycles. The summed E-state index contributed by atoms with van der Waals surface area (Å²) in [5.74, 6) is -0.549. The van der Waals surface area contributed by atoms with Crippen LogP contribution >= 0.6 is 15.6 Å². The maximum Gasteiger partial charge on any atom is 0.472 e. The van der Waals surface area contributed by atoms with Gasteiger partial charge in [0, 0.05) is 25.7 Å². The number of hydrogen-bond acceptors (Lipinski definition) is 15. The van der Waals surface area contributed by atoms with Gasteiger partial charge in [-0.15, -0.1) is 0 Å². The normalized spacial score (nSPS) is 13.9. The van der Waals surface area contributed by atoms with Gasteiger partial charge in [-0.2, -0.15) is 0 Å². The molecule has 0 fully saturated rings. The Bertz CT molecular complexity index is 1910. The molecule has 19 heteroatoms. The minimum atomic E-state index is -4.96. The smallest absolute Gasteiger partial charge is 0.462 e. The van der Waals surface area contributed by atoms with Crippen LogP contribution in [0.3, 0.4) is 0 Å². The molecule has 0 bridgehead atoms. The molecule has 0 aliphatic heterocycles. The van der Waals surface area contributed by atoms with Crippen LogP contribution in [0.25, 0.3) is 0 Å². The third-order valence-electron chi connectivity index (χ3n) is 18.7. The number of aliphatic hydroxyl groups excluding tert-OH is 1. The van der Waals surface area contributed by atoms with Crippen LogP contribution in [0.5, 0.6) is 0 Å². The molecule has 2 unspecified atom stereocenters. The third-order valence-corrected chi connectivity index (χ3v) is 20.6. The van der Waals surface area contributed by atoms with E-state index in [4.69, 9.17) is 37.0 Å². The molecular weight excluding hydrogens is 1290 g/mol. The molecule has 0 radical (unpaired) electrons. The maximum absolute atomic E-state index is 13.1. The van der Waals surface area contributed by atoms with Crippen molar-refractivity contribution in [2.75, 3.05) is 39.6 Å². The Labute approximate surface area is 607 Å². The first-order valence-corrected chi connectivity index (χ1v) is 44.5. The SMILES string of the molecule is CCCCCCCCCCCCCCCCCCCCC(=O)O[C@H](COC(=O)CCCCCCCCCCCCCCC(C)C)COP(=O)(O)OC[C@@H](O)COP(=O)(O)OC[C@@H](COC(=O)CCCCCCCCCCCCC)OC(=O)CCCCCCCCCCCCCCC(C)C. The van der Waals surface area contributed by atoms with Crippen LogP contribution in [0, 0.1) is 11.8 Å². The van der Waals surface area contributed by atoms with E-state index in [1.165, 1.54) is 238 Å². The second-order valence-electron chi connectivity index (χ2n) is 29.8. The first-order valence-electron chi connectivity index (χ1n) is 41.5. The van der Waals surface area contributed by atoms with Crippen molar-refractivity contribution in [3.8, 4) is 0 Å². The van der Waals surface area contributed by atoms with Gasteiger partial charge in [0.1, 0.15) is 19.3 Å². The number of ether oxygens (including phenoxy) is 4. The van der Waals surface area contributed by atoms with Crippen LogP contribution in [-0.2, 0) is 65.4 Å². The Hall–Kier alpha value is -1.94. The first kappa shape index (κ1) is 97.1. The number of carbonyl (C=O) groups excluding carboxylic acids is 4. The predicted molar refractivity (Wildman–Crippen MR) is 405 cm³/mol. The second-order valence-corrected chi connectivity index (χ2v) is 32.7. The number of hydrogen-bond donors (Lipinski definition) is 3. The summed E-state index contributed by atoms with van der Waals surface area (Å²) in [5.41, 5.74) is 0. The fraction of sp³-hybridized carbons (Fsp3) is 0.950. The summed E-state index contributed by atoms with van der Waals surface area (Å²) in [6, 6.07) is 0. The van der Waals surface area contributed by atoms with Crippen LogP contribution < -0.4 is 0 Å². The van der Waals surface area contributed by atoms with Crippen molar-refractivity contribution in [1.29, 1.82) is 0 Å². The molecule has 0 saturated heterocycles. The summed E-state index contributed by atoms with van der Waals surface area (Å²) >= 11 is 0. The van der Waals surface area contributed by atoms with E-state index < -0.39 is 97.5 Å². The highest BCUT2D eigenvalue weighted by molar-refractivity contribution is 7.47. The lowest BCUT2D eigenvalue weighted by atomic mass is 10.0. The molecule has 99 heavy (non-hydrogen) atoms. The third kappa shape index (κ3) is 74.1. The molecule has 0 aromatic heterocycles. The van der Waals surface area contributed by atoms with Gasteiger partial charge < -0.3 is 33.8 Å². The molecule has 0 aromatic carbocycles. The molecule has 0 aromatic rings. The zero-order valence-electron chi connectivity index (χ0n) is 64.8. The van der Waals surface area contributed by atoms with E-state index in [1.54, 1.807) is 0 Å². The standard InChI is InChI=1S/C80H156O17P2/c1-7-9-11-13-15-17-19-20-21-22-23-24-25-34-40-46-52-58-64-79(84)96-76(69-91-78(83)63-57-51-45-39-33-28-26-31-36-42-48-54-60-72(3)4)71-95-99(88,89)93-67-74(81)66-92-98(86,87)94-70-75(68-90-77(82)62-56-50-44-38-30-18-16-14-12-10-8-2)97-80(85)65-59-53-47-41-35-29-27-32-37-43-49-55-61-73(5)6/h72-76,81H,7-71H2,1-6H3,(H,86,87)(H,88,89)/t74-,75+,76+/m0/s1. The van der Waals surface area contributed by atoms with Crippen LogP contribution in [0.15, 0.2) is 0 Å². The summed E-state index contributed by atoms with van der Waals surface area (Å²) in [5, 5.41) is 10.6. The number of esters is 4. The predicted octanol–water partition coefficient (Wildman–Crippen LogP) is 23.9. The minimum absolute atomic E-state index is 0.107. The van der Waals surface area contributed by atoms with Gasteiger partial charge in [0.25, 0.3) is 0 Å². The topological polar surface area (TPSA) is 237 Å². The highest BCUT2D eigenvalue weighted by Crippen LogP contribution is 2.45. The molecular formula is C80H156O17P2. The summed E-state index contributed by atoms with van der Waals surface area (Å²) in [6.07, 6.45) is 60.9. The van der Waals surface area contributed by atoms with Gasteiger partial charge in [-0.1, -0.05) is 369 Å². The van der Waals surface area contributed by atoms with Gasteiger partial charge in [-0.3, -0.25) is 37.3 Å². The van der Waals surface area contributed by atoms with Crippen molar-refractivity contribution in [3.05, 3.63) is 0 Å². The van der Waals surface area contributed by atoms with Crippen molar-refractivity contribution < 1.29 is 80.2 Å². The molecule has 0 rings (SSSR count). The van der Waals surface area contributed by atoms with E-state index in [0.717, 1.165) is 102 Å².